The van der Waals surface area contributed by atoms with Crippen LogP contribution in [0.25, 0.3) is 0 Å². The fraction of sp³-hybridized carbons (Fsp3) is 0.278. The van der Waals surface area contributed by atoms with Crippen LogP contribution >= 0.6 is 27.7 Å². The van der Waals surface area contributed by atoms with Crippen molar-refractivity contribution in [1.29, 1.82) is 0 Å². The molecule has 3 nitrogen and oxygen atoms in total. The van der Waals surface area contributed by atoms with Crippen molar-refractivity contribution in [2.75, 3.05) is 12.4 Å². The lowest BCUT2D eigenvalue weighted by Crippen LogP contribution is -2.31. The lowest BCUT2D eigenvalue weighted by Gasteiger charge is -2.25. The average molecular weight is 392 g/mol. The van der Waals surface area contributed by atoms with Gasteiger partial charge in [-0.25, -0.2) is 0 Å². The maximum atomic E-state index is 12.2. The number of hydrogen-bond acceptors (Lipinski definition) is 3. The minimum Gasteiger partial charge on any atom is -0.493 e. The topological polar surface area (TPSA) is 38.3 Å². The van der Waals surface area contributed by atoms with Crippen LogP contribution in [-0.4, -0.2) is 18.3 Å². The fourth-order valence-corrected chi connectivity index (χ4v) is 4.08. The Hall–Kier alpha value is -1.46. The van der Waals surface area contributed by atoms with E-state index in [0.717, 1.165) is 22.4 Å². The van der Waals surface area contributed by atoms with Gasteiger partial charge < -0.3 is 10.1 Å². The number of fused-ring (bicyclic) bond motifs is 1. The van der Waals surface area contributed by atoms with E-state index in [2.05, 4.69) is 33.4 Å². The second kappa shape index (κ2) is 7.88. The molecule has 0 aliphatic carbocycles. The van der Waals surface area contributed by atoms with E-state index in [1.165, 1.54) is 10.5 Å². The zero-order valence-corrected chi connectivity index (χ0v) is 15.0. The third-order valence-electron chi connectivity index (χ3n) is 3.69. The highest BCUT2D eigenvalue weighted by molar-refractivity contribution is 9.10. The first-order valence-corrected chi connectivity index (χ1v) is 9.40. The molecule has 1 amide bonds. The van der Waals surface area contributed by atoms with Crippen LogP contribution in [0.15, 0.2) is 57.9 Å². The van der Waals surface area contributed by atoms with E-state index in [-0.39, 0.29) is 11.9 Å². The zero-order valence-electron chi connectivity index (χ0n) is 12.6. The summed E-state index contributed by atoms with van der Waals surface area (Å²) in [4.78, 5) is 13.4. The molecule has 0 unspecified atom stereocenters. The van der Waals surface area contributed by atoms with Gasteiger partial charge in [0.25, 0.3) is 0 Å². The van der Waals surface area contributed by atoms with Gasteiger partial charge in [0.1, 0.15) is 5.75 Å². The lowest BCUT2D eigenvalue weighted by atomic mass is 10.0. The number of thioether (sulfide) groups is 1. The van der Waals surface area contributed by atoms with Crippen molar-refractivity contribution in [2.24, 2.45) is 0 Å². The van der Waals surface area contributed by atoms with Crippen molar-refractivity contribution in [3.8, 4) is 5.75 Å². The number of ether oxygens (including phenoxy) is 1. The van der Waals surface area contributed by atoms with Crippen LogP contribution in [0, 0.1) is 0 Å². The molecule has 0 bridgehead atoms. The molecule has 0 saturated carbocycles. The van der Waals surface area contributed by atoms with Crippen molar-refractivity contribution in [1.82, 2.24) is 5.32 Å². The van der Waals surface area contributed by atoms with Crippen LogP contribution in [0.1, 0.15) is 24.4 Å². The van der Waals surface area contributed by atoms with E-state index in [9.17, 15) is 4.79 Å². The van der Waals surface area contributed by atoms with Crippen LogP contribution in [0.3, 0.4) is 0 Å². The average Bonchev–Trinajstić information content (AvgIpc) is 2.55. The fourth-order valence-electron chi connectivity index (χ4n) is 2.58. The summed E-state index contributed by atoms with van der Waals surface area (Å²) in [6.45, 7) is 0.380. The second-order valence-electron chi connectivity index (χ2n) is 5.35. The second-order valence-corrected chi connectivity index (χ2v) is 7.40. The van der Waals surface area contributed by atoms with E-state index >= 15 is 0 Å². The predicted molar refractivity (Wildman–Crippen MR) is 96.9 cm³/mol. The molecule has 0 spiro atoms. The molecule has 1 heterocycles. The third kappa shape index (κ3) is 4.52. The number of carbonyl (C=O) groups is 1. The van der Waals surface area contributed by atoms with Crippen molar-refractivity contribution < 1.29 is 9.53 Å². The standard InChI is InChI=1S/C18H18BrNO2S/c19-13-4-3-5-14(12-13)22-10-8-18(21)20-16-9-11-23-17-7-2-1-6-15(16)17/h1-7,12,16H,8-11H2,(H,20,21)/t16-/m0/s1. The maximum absolute atomic E-state index is 12.2. The summed E-state index contributed by atoms with van der Waals surface area (Å²) in [6.07, 6.45) is 1.33. The number of hydrogen-bond donors (Lipinski definition) is 1. The molecule has 2 aromatic carbocycles. The van der Waals surface area contributed by atoms with Gasteiger partial charge in [-0.3, -0.25) is 4.79 Å². The molecule has 0 saturated heterocycles. The number of carbonyl (C=O) groups excluding carboxylic acids is 1. The van der Waals surface area contributed by atoms with Crippen LogP contribution in [0.4, 0.5) is 0 Å². The molecule has 120 valence electrons. The number of amides is 1. The molecule has 1 aliphatic rings. The van der Waals surface area contributed by atoms with E-state index in [1.54, 1.807) is 0 Å². The van der Waals surface area contributed by atoms with Gasteiger partial charge in [-0.1, -0.05) is 40.2 Å². The highest BCUT2D eigenvalue weighted by atomic mass is 79.9. The largest absolute Gasteiger partial charge is 0.493 e. The molecular weight excluding hydrogens is 374 g/mol. The third-order valence-corrected chi connectivity index (χ3v) is 5.30. The van der Waals surface area contributed by atoms with E-state index in [0.29, 0.717) is 13.0 Å². The zero-order chi connectivity index (χ0) is 16.1. The normalized spacial score (nSPS) is 16.5. The highest BCUT2D eigenvalue weighted by Gasteiger charge is 2.21. The Labute approximate surface area is 148 Å². The predicted octanol–water partition coefficient (Wildman–Crippen LogP) is 4.57. The van der Waals surface area contributed by atoms with Crippen LogP contribution < -0.4 is 10.1 Å². The van der Waals surface area contributed by atoms with Crippen molar-refractivity contribution >= 4 is 33.6 Å². The smallest absolute Gasteiger partial charge is 0.223 e. The first kappa shape index (κ1) is 16.4. The van der Waals surface area contributed by atoms with E-state index < -0.39 is 0 Å². The molecule has 0 radical (unpaired) electrons. The summed E-state index contributed by atoms with van der Waals surface area (Å²) < 4.78 is 6.59. The Kier molecular flexibility index (Phi) is 5.62. The molecule has 23 heavy (non-hydrogen) atoms. The van der Waals surface area contributed by atoms with E-state index in [1.807, 2.05) is 48.2 Å². The number of rotatable bonds is 5. The number of nitrogens with one attached hydrogen (secondary N) is 1. The molecule has 0 aromatic heterocycles. The van der Waals surface area contributed by atoms with Gasteiger partial charge in [-0.2, -0.15) is 0 Å². The summed E-state index contributed by atoms with van der Waals surface area (Å²) in [5.41, 5.74) is 1.23. The SMILES string of the molecule is O=C(CCOc1cccc(Br)c1)N[C@H]1CCSc2ccccc21. The molecule has 0 fully saturated rings. The highest BCUT2D eigenvalue weighted by Crippen LogP contribution is 2.35. The Morgan fingerprint density at radius 2 is 2.13 bits per heavy atom. The van der Waals surface area contributed by atoms with E-state index in [4.69, 9.17) is 4.74 Å². The first-order chi connectivity index (χ1) is 11.2. The maximum Gasteiger partial charge on any atom is 0.223 e. The molecular formula is C18H18BrNO2S. The Balaban J connectivity index is 1.50. The van der Waals surface area contributed by atoms with Gasteiger partial charge in [0.15, 0.2) is 0 Å². The Morgan fingerprint density at radius 1 is 1.26 bits per heavy atom. The summed E-state index contributed by atoms with van der Waals surface area (Å²) in [6, 6.07) is 16.0. The van der Waals surface area contributed by atoms with Gasteiger partial charge >= 0.3 is 0 Å². The minimum absolute atomic E-state index is 0.0340. The molecule has 1 N–H and O–H groups in total. The first-order valence-electron chi connectivity index (χ1n) is 7.62. The van der Waals surface area contributed by atoms with Crippen molar-refractivity contribution in [2.45, 2.75) is 23.8 Å². The van der Waals surface area contributed by atoms with Crippen LogP contribution in [0.2, 0.25) is 0 Å². The van der Waals surface area contributed by atoms with Crippen LogP contribution in [0.5, 0.6) is 5.75 Å². The summed E-state index contributed by atoms with van der Waals surface area (Å²) in [5.74, 6) is 1.84. The molecule has 5 heteroatoms. The molecule has 1 atom stereocenters. The van der Waals surface area contributed by atoms with Gasteiger partial charge in [-0.15, -0.1) is 11.8 Å². The van der Waals surface area contributed by atoms with Crippen LogP contribution in [-0.2, 0) is 4.79 Å². The van der Waals surface area contributed by atoms with Gasteiger partial charge in [0.2, 0.25) is 5.91 Å². The Morgan fingerprint density at radius 3 is 3.00 bits per heavy atom. The minimum atomic E-state index is 0.0340. The summed E-state index contributed by atoms with van der Waals surface area (Å²) in [5, 5.41) is 3.13. The number of benzene rings is 2. The summed E-state index contributed by atoms with van der Waals surface area (Å²) >= 11 is 5.26. The van der Waals surface area contributed by atoms with Gasteiger partial charge in [0, 0.05) is 15.1 Å². The lowest BCUT2D eigenvalue weighted by molar-refractivity contribution is -0.122. The monoisotopic (exact) mass is 391 g/mol. The van der Waals surface area contributed by atoms with Gasteiger partial charge in [0.05, 0.1) is 19.1 Å². The van der Waals surface area contributed by atoms with Crippen molar-refractivity contribution in [3.05, 3.63) is 58.6 Å². The van der Waals surface area contributed by atoms with Gasteiger partial charge in [-0.05, 0) is 36.2 Å². The Bertz CT molecular complexity index is 692. The summed E-state index contributed by atoms with van der Waals surface area (Å²) in [7, 11) is 0. The molecule has 3 rings (SSSR count). The molecule has 2 aromatic rings. The van der Waals surface area contributed by atoms with Crippen molar-refractivity contribution in [3.63, 3.8) is 0 Å². The molecule has 1 aliphatic heterocycles. The number of halogens is 1. The quantitative estimate of drug-likeness (QED) is 0.810.